The predicted octanol–water partition coefficient (Wildman–Crippen LogP) is 5.62. The highest BCUT2D eigenvalue weighted by atomic mass is 35.5. The molecule has 22 heavy (non-hydrogen) atoms. The Morgan fingerprint density at radius 2 is 1.91 bits per heavy atom. The zero-order valence-electron chi connectivity index (χ0n) is 11.7. The van der Waals surface area contributed by atoms with Crippen LogP contribution in [0, 0.1) is 11.3 Å². The summed E-state index contributed by atoms with van der Waals surface area (Å²) in [4.78, 5) is 0. The van der Waals surface area contributed by atoms with E-state index in [0.717, 1.165) is 11.3 Å². The fourth-order valence-corrected chi connectivity index (χ4v) is 2.37. The zero-order valence-corrected chi connectivity index (χ0v) is 13.2. The number of ether oxygens (including phenoxy) is 1. The normalized spacial score (nSPS) is 10.9. The molecule has 0 unspecified atom stereocenters. The summed E-state index contributed by atoms with van der Waals surface area (Å²) in [5.74, 6) is 0.750. The fourth-order valence-electron chi connectivity index (χ4n) is 1.86. The van der Waals surface area contributed by atoms with E-state index in [-0.39, 0.29) is 0 Å². The Morgan fingerprint density at radius 1 is 1.18 bits per heavy atom. The van der Waals surface area contributed by atoms with Crippen molar-refractivity contribution in [3.05, 3.63) is 76.3 Å². The monoisotopic (exact) mass is 329 g/mol. The smallest absolute Gasteiger partial charge is 0.119 e. The van der Waals surface area contributed by atoms with E-state index in [2.05, 4.69) is 12.6 Å². The number of hydrogen-bond acceptors (Lipinski definition) is 2. The number of allylic oxidation sites excluding steroid dienone is 1. The van der Waals surface area contributed by atoms with Crippen LogP contribution < -0.4 is 4.74 Å². The number of halogens is 2. The minimum atomic E-state index is 0.450. The highest BCUT2D eigenvalue weighted by Gasteiger charge is 2.07. The van der Waals surface area contributed by atoms with Crippen molar-refractivity contribution in [2.45, 2.75) is 0 Å². The summed E-state index contributed by atoms with van der Waals surface area (Å²) in [5, 5.41) is 10.3. The Kier molecular flexibility index (Phi) is 5.66. The molecule has 0 saturated heterocycles. The highest BCUT2D eigenvalue weighted by molar-refractivity contribution is 6.36. The molecule has 110 valence electrons. The molecule has 0 fully saturated rings. The molecule has 0 atom stereocenters. The van der Waals surface area contributed by atoms with Gasteiger partial charge in [-0.1, -0.05) is 54.1 Å². The van der Waals surface area contributed by atoms with Crippen molar-refractivity contribution in [1.82, 2.24) is 0 Å². The Hall–Kier alpha value is -2.21. The van der Waals surface area contributed by atoms with Crippen molar-refractivity contribution >= 4 is 34.9 Å². The van der Waals surface area contributed by atoms with Crippen LogP contribution in [-0.4, -0.2) is 6.61 Å². The van der Waals surface area contributed by atoms with Crippen LogP contribution in [0.4, 0.5) is 0 Å². The van der Waals surface area contributed by atoms with Gasteiger partial charge in [-0.3, -0.25) is 0 Å². The lowest BCUT2D eigenvalue weighted by atomic mass is 10.0. The van der Waals surface area contributed by atoms with Crippen LogP contribution in [0.3, 0.4) is 0 Å². The van der Waals surface area contributed by atoms with Gasteiger partial charge in [0.15, 0.2) is 0 Å². The van der Waals surface area contributed by atoms with E-state index in [1.165, 1.54) is 0 Å². The summed E-state index contributed by atoms with van der Waals surface area (Å²) in [6.45, 7) is 4.06. The summed E-state index contributed by atoms with van der Waals surface area (Å²) in [7, 11) is 0. The molecule has 0 aliphatic carbocycles. The van der Waals surface area contributed by atoms with Gasteiger partial charge < -0.3 is 4.74 Å². The first-order valence-electron chi connectivity index (χ1n) is 6.55. The fraction of sp³-hybridized carbons (Fsp3) is 0.0556. The quantitative estimate of drug-likeness (QED) is 0.405. The molecule has 4 heteroatoms. The van der Waals surface area contributed by atoms with E-state index < -0.39 is 0 Å². The van der Waals surface area contributed by atoms with Gasteiger partial charge in [-0.15, -0.1) is 0 Å². The third-order valence-electron chi connectivity index (χ3n) is 2.90. The minimum Gasteiger partial charge on any atom is -0.490 e. The molecular weight excluding hydrogens is 317 g/mol. The maximum atomic E-state index is 9.36. The molecule has 2 nitrogen and oxygen atoms in total. The number of hydrogen-bond donors (Lipinski definition) is 0. The molecule has 0 aliphatic heterocycles. The molecule has 0 bridgehead atoms. The first-order valence-corrected chi connectivity index (χ1v) is 7.30. The number of rotatable bonds is 5. The van der Waals surface area contributed by atoms with Crippen molar-refractivity contribution in [3.8, 4) is 11.8 Å². The molecule has 0 heterocycles. The summed E-state index contributed by atoms with van der Waals surface area (Å²) in [6, 6.07) is 14.7. The maximum Gasteiger partial charge on any atom is 0.119 e. The third-order valence-corrected chi connectivity index (χ3v) is 3.45. The van der Waals surface area contributed by atoms with Gasteiger partial charge in [0.25, 0.3) is 0 Å². The lowest BCUT2D eigenvalue weighted by Gasteiger charge is -2.05. The average molecular weight is 330 g/mol. The number of nitrogens with zero attached hydrogens (tertiary/aromatic N) is 1. The van der Waals surface area contributed by atoms with E-state index >= 15 is 0 Å². The average Bonchev–Trinajstić information content (AvgIpc) is 2.52. The van der Waals surface area contributed by atoms with Gasteiger partial charge in [-0.05, 0) is 35.9 Å². The lowest BCUT2D eigenvalue weighted by molar-refractivity contribution is 0.363. The van der Waals surface area contributed by atoms with Crippen molar-refractivity contribution in [2.24, 2.45) is 0 Å². The summed E-state index contributed by atoms with van der Waals surface area (Å²) >= 11 is 12.0. The lowest BCUT2D eigenvalue weighted by Crippen LogP contribution is -1.92. The Bertz CT molecular complexity index is 743. The first-order chi connectivity index (χ1) is 10.6. The molecule has 2 rings (SSSR count). The van der Waals surface area contributed by atoms with Gasteiger partial charge in [-0.25, -0.2) is 0 Å². The molecule has 0 amide bonds. The van der Waals surface area contributed by atoms with Crippen molar-refractivity contribution < 1.29 is 4.74 Å². The van der Waals surface area contributed by atoms with Crippen LogP contribution in [0.2, 0.25) is 10.0 Å². The second kappa shape index (κ2) is 7.70. The molecular formula is C18H13Cl2NO. The van der Waals surface area contributed by atoms with E-state index in [1.807, 2.05) is 24.3 Å². The standard InChI is InChI=1S/C18H13Cl2NO/c1-2-9-22-16-6-3-13(4-7-16)10-14(12-21)17-8-5-15(19)11-18(17)20/h2-8,10-11H,1,9H2/b14-10+. The first kappa shape index (κ1) is 16.2. The number of nitriles is 1. The van der Waals surface area contributed by atoms with Crippen LogP contribution in [0.25, 0.3) is 11.6 Å². The SMILES string of the molecule is C=CCOc1ccc(/C=C(\C#N)c2ccc(Cl)cc2Cl)cc1. The Labute approximate surface area is 139 Å². The topological polar surface area (TPSA) is 33.0 Å². The van der Waals surface area contributed by atoms with Gasteiger partial charge in [-0.2, -0.15) is 5.26 Å². The molecule has 0 N–H and O–H groups in total. The number of benzene rings is 2. The molecule has 0 saturated carbocycles. The van der Waals surface area contributed by atoms with E-state index in [4.69, 9.17) is 27.9 Å². The molecule has 0 radical (unpaired) electrons. The zero-order chi connectivity index (χ0) is 15.9. The van der Waals surface area contributed by atoms with Crippen LogP contribution in [0.5, 0.6) is 5.75 Å². The minimum absolute atomic E-state index is 0.450. The van der Waals surface area contributed by atoms with Crippen molar-refractivity contribution in [3.63, 3.8) is 0 Å². The molecule has 0 spiro atoms. The predicted molar refractivity (Wildman–Crippen MR) is 92.1 cm³/mol. The van der Waals surface area contributed by atoms with Gasteiger partial charge in [0.05, 0.1) is 16.7 Å². The van der Waals surface area contributed by atoms with E-state index in [1.54, 1.807) is 30.4 Å². The van der Waals surface area contributed by atoms with Gasteiger partial charge in [0.1, 0.15) is 12.4 Å². The Balaban J connectivity index is 2.29. The van der Waals surface area contributed by atoms with Gasteiger partial charge in [0.2, 0.25) is 0 Å². The third kappa shape index (κ3) is 4.14. The van der Waals surface area contributed by atoms with E-state index in [9.17, 15) is 5.26 Å². The second-order valence-electron chi connectivity index (χ2n) is 4.46. The maximum absolute atomic E-state index is 9.36. The van der Waals surface area contributed by atoms with Gasteiger partial charge >= 0.3 is 0 Å². The second-order valence-corrected chi connectivity index (χ2v) is 5.31. The van der Waals surface area contributed by atoms with Crippen LogP contribution in [-0.2, 0) is 0 Å². The van der Waals surface area contributed by atoms with Crippen LogP contribution in [0.15, 0.2) is 55.1 Å². The van der Waals surface area contributed by atoms with Crippen molar-refractivity contribution in [2.75, 3.05) is 6.61 Å². The van der Waals surface area contributed by atoms with Crippen LogP contribution in [0.1, 0.15) is 11.1 Å². The molecule has 0 aliphatic rings. The molecule has 0 aromatic heterocycles. The summed E-state index contributed by atoms with van der Waals surface area (Å²) < 4.78 is 5.42. The highest BCUT2D eigenvalue weighted by Crippen LogP contribution is 2.28. The molecule has 2 aromatic carbocycles. The molecule has 2 aromatic rings. The van der Waals surface area contributed by atoms with E-state index in [0.29, 0.717) is 27.8 Å². The van der Waals surface area contributed by atoms with Gasteiger partial charge in [0, 0.05) is 10.6 Å². The Morgan fingerprint density at radius 3 is 2.50 bits per heavy atom. The largest absolute Gasteiger partial charge is 0.490 e. The van der Waals surface area contributed by atoms with Crippen LogP contribution >= 0.6 is 23.2 Å². The summed E-state index contributed by atoms with van der Waals surface area (Å²) in [6.07, 6.45) is 3.45. The summed E-state index contributed by atoms with van der Waals surface area (Å²) in [5.41, 5.74) is 2.01. The van der Waals surface area contributed by atoms with Crippen molar-refractivity contribution in [1.29, 1.82) is 5.26 Å².